The highest BCUT2D eigenvalue weighted by Gasteiger charge is 2.26. The Morgan fingerprint density at radius 2 is 1.57 bits per heavy atom. The molecule has 0 amide bonds. The lowest BCUT2D eigenvalue weighted by atomic mass is 9.96. The van der Waals surface area contributed by atoms with E-state index < -0.39 is 18.1 Å². The van der Waals surface area contributed by atoms with Gasteiger partial charge in [0, 0.05) is 11.8 Å². The highest BCUT2D eigenvalue weighted by molar-refractivity contribution is 5.66. The zero-order valence-electron chi connectivity index (χ0n) is 11.6. The van der Waals surface area contributed by atoms with Crippen LogP contribution in [-0.2, 0) is 9.53 Å². The van der Waals surface area contributed by atoms with Crippen molar-refractivity contribution in [3.63, 3.8) is 0 Å². The summed E-state index contributed by atoms with van der Waals surface area (Å²) in [7, 11) is 0. The molecule has 2 aromatic carbocycles. The van der Waals surface area contributed by atoms with Gasteiger partial charge in [-0.25, -0.2) is 0 Å². The van der Waals surface area contributed by atoms with Crippen molar-refractivity contribution in [2.24, 2.45) is 5.11 Å². The summed E-state index contributed by atoms with van der Waals surface area (Å²) in [4.78, 5) is 14.3. The molecular weight excluding hydrogens is 266 g/mol. The largest absolute Gasteiger partial charge is 0.457 e. The Morgan fingerprint density at radius 1 is 1.05 bits per heavy atom. The van der Waals surface area contributed by atoms with Gasteiger partial charge in [-0.15, -0.1) is 0 Å². The lowest BCUT2D eigenvalue weighted by Crippen LogP contribution is -2.15. The van der Waals surface area contributed by atoms with Crippen molar-refractivity contribution in [2.45, 2.75) is 19.1 Å². The summed E-state index contributed by atoms with van der Waals surface area (Å²) >= 11 is 0. The predicted octanol–water partition coefficient (Wildman–Crippen LogP) is 4.34. The average molecular weight is 281 g/mol. The molecule has 5 nitrogen and oxygen atoms in total. The molecule has 21 heavy (non-hydrogen) atoms. The van der Waals surface area contributed by atoms with Crippen LogP contribution in [0.4, 0.5) is 0 Å². The van der Waals surface area contributed by atoms with Gasteiger partial charge in [0.05, 0.1) is 0 Å². The van der Waals surface area contributed by atoms with Crippen molar-refractivity contribution in [1.82, 2.24) is 0 Å². The third-order valence-corrected chi connectivity index (χ3v) is 3.02. The van der Waals surface area contributed by atoms with Crippen LogP contribution in [0.3, 0.4) is 0 Å². The molecule has 0 aromatic heterocycles. The lowest BCUT2D eigenvalue weighted by Gasteiger charge is -2.24. The minimum absolute atomic E-state index is 0.419. The molecule has 0 saturated heterocycles. The van der Waals surface area contributed by atoms with E-state index in [0.29, 0.717) is 0 Å². The van der Waals surface area contributed by atoms with Crippen LogP contribution in [0.2, 0.25) is 0 Å². The van der Waals surface area contributed by atoms with Gasteiger partial charge in [-0.3, -0.25) is 4.79 Å². The minimum atomic E-state index is -0.651. The van der Waals surface area contributed by atoms with Gasteiger partial charge >= 0.3 is 5.97 Å². The fourth-order valence-corrected chi connectivity index (χ4v) is 2.14. The summed E-state index contributed by atoms with van der Waals surface area (Å²) in [6, 6.07) is 17.9. The van der Waals surface area contributed by atoms with Crippen LogP contribution < -0.4 is 0 Å². The number of esters is 1. The Labute approximate surface area is 122 Å². The second-order valence-corrected chi connectivity index (χ2v) is 4.50. The molecule has 2 rings (SSSR count). The molecule has 0 bridgehead atoms. The van der Waals surface area contributed by atoms with Gasteiger partial charge in [-0.2, -0.15) is 0 Å². The van der Waals surface area contributed by atoms with Crippen LogP contribution >= 0.6 is 0 Å². The maximum Gasteiger partial charge on any atom is 0.303 e. The number of benzene rings is 2. The van der Waals surface area contributed by atoms with E-state index in [-0.39, 0.29) is 0 Å². The van der Waals surface area contributed by atoms with E-state index in [1.807, 2.05) is 60.7 Å². The van der Waals surface area contributed by atoms with Crippen molar-refractivity contribution in [3.8, 4) is 0 Å². The third-order valence-electron chi connectivity index (χ3n) is 3.02. The average Bonchev–Trinajstić information content (AvgIpc) is 2.52. The predicted molar refractivity (Wildman–Crippen MR) is 79.3 cm³/mol. The molecule has 0 saturated carbocycles. The molecule has 0 N–H and O–H groups in total. The Morgan fingerprint density at radius 3 is 2.05 bits per heavy atom. The fraction of sp³-hybridized carbons (Fsp3) is 0.188. The smallest absolute Gasteiger partial charge is 0.303 e. The molecule has 0 heterocycles. The molecule has 2 unspecified atom stereocenters. The van der Waals surface area contributed by atoms with Gasteiger partial charge in [0.2, 0.25) is 0 Å². The molecule has 0 aliphatic carbocycles. The lowest BCUT2D eigenvalue weighted by molar-refractivity contribution is -0.147. The van der Waals surface area contributed by atoms with Gasteiger partial charge in [0.1, 0.15) is 12.1 Å². The van der Waals surface area contributed by atoms with Crippen molar-refractivity contribution in [2.75, 3.05) is 0 Å². The molecule has 0 fully saturated rings. The van der Waals surface area contributed by atoms with E-state index in [4.69, 9.17) is 10.3 Å². The molecule has 2 atom stereocenters. The van der Waals surface area contributed by atoms with E-state index in [1.165, 1.54) is 6.92 Å². The summed E-state index contributed by atoms with van der Waals surface area (Å²) in [6.45, 7) is 1.34. The summed E-state index contributed by atoms with van der Waals surface area (Å²) in [5.41, 5.74) is 10.4. The molecule has 106 valence electrons. The maximum absolute atomic E-state index is 11.4. The van der Waals surface area contributed by atoms with Gasteiger partial charge < -0.3 is 4.74 Å². The second-order valence-electron chi connectivity index (χ2n) is 4.50. The quantitative estimate of drug-likeness (QED) is 0.354. The molecular formula is C16H15N3O2. The van der Waals surface area contributed by atoms with Crippen LogP contribution in [0, 0.1) is 0 Å². The SMILES string of the molecule is CC(=O)OC(c1ccccc1)C(N=[N+]=[N-])c1ccccc1. The topological polar surface area (TPSA) is 75.1 Å². The Balaban J connectivity index is 2.45. The van der Waals surface area contributed by atoms with E-state index in [2.05, 4.69) is 10.0 Å². The van der Waals surface area contributed by atoms with E-state index in [9.17, 15) is 4.79 Å². The number of nitrogens with zero attached hydrogens (tertiary/aromatic N) is 3. The summed E-state index contributed by atoms with van der Waals surface area (Å²) in [5, 5.41) is 3.83. The van der Waals surface area contributed by atoms with Gasteiger partial charge in [0.25, 0.3) is 0 Å². The van der Waals surface area contributed by atoms with Crippen LogP contribution in [0.5, 0.6) is 0 Å². The molecule has 0 aliphatic heterocycles. The minimum Gasteiger partial charge on any atom is -0.457 e. The van der Waals surface area contributed by atoms with Gasteiger partial charge in [0.15, 0.2) is 0 Å². The fourth-order valence-electron chi connectivity index (χ4n) is 2.14. The van der Waals surface area contributed by atoms with Crippen molar-refractivity contribution >= 4 is 5.97 Å². The molecule has 0 spiro atoms. The monoisotopic (exact) mass is 281 g/mol. The van der Waals surface area contributed by atoms with Crippen molar-refractivity contribution in [1.29, 1.82) is 0 Å². The first kappa shape index (κ1) is 14.6. The van der Waals surface area contributed by atoms with Gasteiger partial charge in [-0.05, 0) is 16.7 Å². The molecule has 5 heteroatoms. The zero-order chi connectivity index (χ0) is 15.1. The molecule has 0 radical (unpaired) electrons. The first-order valence-corrected chi connectivity index (χ1v) is 6.53. The summed E-state index contributed by atoms with van der Waals surface area (Å²) in [5.74, 6) is -0.419. The van der Waals surface area contributed by atoms with E-state index >= 15 is 0 Å². The first-order valence-electron chi connectivity index (χ1n) is 6.53. The molecule has 2 aromatic rings. The second kappa shape index (κ2) is 7.12. The summed E-state index contributed by atoms with van der Waals surface area (Å²) < 4.78 is 5.40. The number of ether oxygens (including phenoxy) is 1. The number of hydrogen-bond donors (Lipinski definition) is 0. The normalized spacial score (nSPS) is 12.8. The number of azide groups is 1. The third kappa shape index (κ3) is 3.84. The van der Waals surface area contributed by atoms with Crippen LogP contribution in [0.15, 0.2) is 65.8 Å². The number of hydrogen-bond acceptors (Lipinski definition) is 3. The van der Waals surface area contributed by atoms with Crippen molar-refractivity contribution in [3.05, 3.63) is 82.2 Å². The number of carbonyl (C=O) groups is 1. The van der Waals surface area contributed by atoms with Gasteiger partial charge in [-0.1, -0.05) is 65.8 Å². The van der Waals surface area contributed by atoms with Crippen molar-refractivity contribution < 1.29 is 9.53 Å². The van der Waals surface area contributed by atoms with E-state index in [0.717, 1.165) is 11.1 Å². The Kier molecular flexibility index (Phi) is 4.96. The summed E-state index contributed by atoms with van der Waals surface area (Å²) in [6.07, 6.45) is -0.651. The van der Waals surface area contributed by atoms with Crippen LogP contribution in [0.25, 0.3) is 10.4 Å². The maximum atomic E-state index is 11.4. The first-order chi connectivity index (χ1) is 10.2. The number of rotatable bonds is 5. The Hall–Kier alpha value is -2.78. The Bertz CT molecular complexity index is 637. The number of carbonyl (C=O) groups excluding carboxylic acids is 1. The van der Waals surface area contributed by atoms with Crippen LogP contribution in [-0.4, -0.2) is 5.97 Å². The standard InChI is InChI=1S/C16H15N3O2/c1-12(20)21-16(14-10-6-3-7-11-14)15(18-19-17)13-8-4-2-5-9-13/h2-11,15-16H,1H3. The van der Waals surface area contributed by atoms with Crippen LogP contribution in [0.1, 0.15) is 30.2 Å². The molecule has 0 aliphatic rings. The zero-order valence-corrected chi connectivity index (χ0v) is 11.6. The highest BCUT2D eigenvalue weighted by atomic mass is 16.5. The highest BCUT2D eigenvalue weighted by Crippen LogP contribution is 2.35. The van der Waals surface area contributed by atoms with E-state index in [1.54, 1.807) is 0 Å².